The van der Waals surface area contributed by atoms with Gasteiger partial charge < -0.3 is 29.7 Å². The zero-order valence-electron chi connectivity index (χ0n) is 34.5. The number of methoxy groups -OCH3 is 1. The van der Waals surface area contributed by atoms with Gasteiger partial charge in [-0.1, -0.05) is 40.5 Å². The standard InChI is InChI=1S/C41H56F2N6O9S/c1-22-16-23-10-8-7-9-11-28-35(45-29-18-24(56-6)12-13-27(29)44-28)57-25-19-30(49(21-25)36(51)32(39(2,3)4)46-38(53)58-31(23)17-22)34(50)47-41(20-26(41)33(42)43)37(52)48-59(54,55)40(5)14-15-40/h12-13,18,22-23,25-26,30-33H,7-11,14-17,19-21H2,1-6H3,(H,46,53)(H,47,50)(H,48,52)/t22-,23-,25-,26+,30+,31-,32-,41-/m1/s1. The van der Waals surface area contributed by atoms with E-state index in [0.717, 1.165) is 32.1 Å². The summed E-state index contributed by atoms with van der Waals surface area (Å²) in [5.74, 6) is -3.27. The molecule has 2 bridgehead atoms. The number of alkyl halides is 2. The van der Waals surface area contributed by atoms with Gasteiger partial charge >= 0.3 is 6.09 Å². The third-order valence-corrected chi connectivity index (χ3v) is 15.1. The third kappa shape index (κ3) is 8.78. The minimum Gasteiger partial charge on any atom is -0.497 e. The summed E-state index contributed by atoms with van der Waals surface area (Å²) < 4.78 is 73.3. The second kappa shape index (κ2) is 15.9. The van der Waals surface area contributed by atoms with Crippen LogP contribution in [0.25, 0.3) is 11.0 Å². The number of rotatable bonds is 7. The third-order valence-electron chi connectivity index (χ3n) is 12.9. The lowest BCUT2D eigenvalue weighted by atomic mass is 9.85. The molecule has 2 aliphatic heterocycles. The summed E-state index contributed by atoms with van der Waals surface area (Å²) in [6.45, 7) is 8.66. The van der Waals surface area contributed by atoms with Crippen LogP contribution >= 0.6 is 0 Å². The molecule has 3 N–H and O–H groups in total. The number of aromatic nitrogens is 2. The first-order valence-electron chi connectivity index (χ1n) is 20.7. The molecular weight excluding hydrogens is 791 g/mol. The lowest BCUT2D eigenvalue weighted by molar-refractivity contribution is -0.143. The summed E-state index contributed by atoms with van der Waals surface area (Å²) in [6.07, 6.45) is 0.422. The van der Waals surface area contributed by atoms with Crippen molar-refractivity contribution in [2.45, 2.75) is 146 Å². The van der Waals surface area contributed by atoms with Crippen LogP contribution in [0.15, 0.2) is 18.2 Å². The molecule has 1 aromatic carbocycles. The molecule has 8 atom stereocenters. The summed E-state index contributed by atoms with van der Waals surface area (Å²) in [5.41, 5.74) is -1.43. The molecule has 3 saturated carbocycles. The van der Waals surface area contributed by atoms with Crippen molar-refractivity contribution in [1.29, 1.82) is 0 Å². The number of fused-ring (bicyclic) bond motifs is 5. The van der Waals surface area contributed by atoms with Crippen molar-refractivity contribution in [3.63, 3.8) is 0 Å². The number of carbonyl (C=O) groups is 4. The number of amides is 4. The van der Waals surface area contributed by atoms with Crippen LogP contribution in [0.3, 0.4) is 0 Å². The van der Waals surface area contributed by atoms with Crippen molar-refractivity contribution < 1.29 is 50.6 Å². The normalized spacial score (nSPS) is 31.1. The molecule has 59 heavy (non-hydrogen) atoms. The van der Waals surface area contributed by atoms with Crippen molar-refractivity contribution in [3.05, 3.63) is 23.9 Å². The van der Waals surface area contributed by atoms with E-state index in [1.807, 2.05) is 4.72 Å². The van der Waals surface area contributed by atoms with E-state index in [1.165, 1.54) is 18.9 Å². The van der Waals surface area contributed by atoms with Crippen LogP contribution in [-0.4, -0.2) is 102 Å². The molecule has 0 spiro atoms. The summed E-state index contributed by atoms with van der Waals surface area (Å²) in [4.78, 5) is 67.3. The Kier molecular flexibility index (Phi) is 11.5. The predicted octanol–water partition coefficient (Wildman–Crippen LogP) is 4.80. The second-order valence-corrected chi connectivity index (χ2v) is 20.8. The number of benzene rings is 1. The van der Waals surface area contributed by atoms with E-state index >= 15 is 0 Å². The lowest BCUT2D eigenvalue weighted by Crippen LogP contribution is -2.60. The fourth-order valence-electron chi connectivity index (χ4n) is 8.89. The first-order chi connectivity index (χ1) is 27.7. The average molecular weight is 847 g/mol. The first kappa shape index (κ1) is 42.8. The number of ether oxygens (including phenoxy) is 3. The predicted molar refractivity (Wildman–Crippen MR) is 211 cm³/mol. The van der Waals surface area contributed by atoms with Crippen LogP contribution in [0.5, 0.6) is 11.6 Å². The fraction of sp³-hybridized carbons (Fsp3) is 0.707. The van der Waals surface area contributed by atoms with E-state index in [1.54, 1.807) is 39.0 Å². The molecule has 0 unspecified atom stereocenters. The number of nitrogens with one attached hydrogen (secondary N) is 3. The molecule has 1 aromatic heterocycles. The maximum Gasteiger partial charge on any atom is 0.408 e. The Labute approximate surface area is 343 Å². The van der Waals surface area contributed by atoms with E-state index in [0.29, 0.717) is 54.1 Å². The van der Waals surface area contributed by atoms with Gasteiger partial charge in [-0.15, -0.1) is 0 Å². The summed E-state index contributed by atoms with van der Waals surface area (Å²) >= 11 is 0. The molecule has 15 nitrogen and oxygen atoms in total. The van der Waals surface area contributed by atoms with Crippen molar-refractivity contribution in [2.75, 3.05) is 13.7 Å². The molecule has 4 amide bonds. The zero-order chi connectivity index (χ0) is 42.7. The Morgan fingerprint density at radius 3 is 2.46 bits per heavy atom. The SMILES string of the molecule is COc1ccc2nc3c(nc2c1)O[C@@H]1C[C@@H](C(=O)N[C@]2(C(=O)NS(=O)(=O)C4(C)CC4)C[C@H]2C(F)F)N(C1)C(=O)[C@H](C(C)(C)C)NC(=O)O[C@@H]1C[C@H](C)C[C@H]1CCCCC3. The molecular formula is C41H56F2N6O9S. The van der Waals surface area contributed by atoms with Gasteiger partial charge in [-0.3, -0.25) is 19.1 Å². The van der Waals surface area contributed by atoms with E-state index < -0.39 is 86.5 Å². The summed E-state index contributed by atoms with van der Waals surface area (Å²) in [5, 5.41) is 5.25. The Morgan fingerprint density at radius 1 is 1.05 bits per heavy atom. The number of sulfonamides is 1. The quantitative estimate of drug-likeness (QED) is 0.347. The van der Waals surface area contributed by atoms with E-state index in [2.05, 4.69) is 17.6 Å². The van der Waals surface area contributed by atoms with Crippen molar-refractivity contribution in [2.24, 2.45) is 23.2 Å². The first-order valence-corrected chi connectivity index (χ1v) is 22.2. The minimum atomic E-state index is -4.24. The largest absolute Gasteiger partial charge is 0.497 e. The topological polar surface area (TPSA) is 195 Å². The molecule has 3 aliphatic carbocycles. The highest BCUT2D eigenvalue weighted by Crippen LogP contribution is 2.49. The molecule has 1 saturated heterocycles. The number of hydrogen-bond acceptors (Lipinski definition) is 11. The van der Waals surface area contributed by atoms with Gasteiger partial charge in [0, 0.05) is 12.5 Å². The molecule has 18 heteroatoms. The van der Waals surface area contributed by atoms with Crippen molar-refractivity contribution in [1.82, 2.24) is 30.2 Å². The Bertz CT molecular complexity index is 2100. The Hall–Kier alpha value is -4.35. The lowest BCUT2D eigenvalue weighted by Gasteiger charge is -2.35. The number of carbonyl (C=O) groups excluding carboxylic acids is 4. The van der Waals surface area contributed by atoms with Crippen LogP contribution < -0.4 is 24.8 Å². The highest BCUT2D eigenvalue weighted by atomic mass is 32.2. The van der Waals surface area contributed by atoms with Crippen LogP contribution in [-0.2, 0) is 35.6 Å². The van der Waals surface area contributed by atoms with Gasteiger partial charge in [0.1, 0.15) is 41.3 Å². The van der Waals surface area contributed by atoms with E-state index in [9.17, 15) is 36.4 Å². The van der Waals surface area contributed by atoms with E-state index in [-0.39, 0.29) is 30.9 Å². The molecule has 5 aliphatic rings. The molecule has 3 heterocycles. The van der Waals surface area contributed by atoms with Crippen molar-refractivity contribution in [3.8, 4) is 11.6 Å². The molecule has 324 valence electrons. The smallest absolute Gasteiger partial charge is 0.408 e. The maximum atomic E-state index is 14.8. The van der Waals surface area contributed by atoms with Crippen molar-refractivity contribution >= 4 is 44.9 Å². The summed E-state index contributed by atoms with van der Waals surface area (Å²) in [6, 6.07) is 2.72. The average Bonchev–Trinajstić information content (AvgIpc) is 4.01. The Morgan fingerprint density at radius 2 is 1.80 bits per heavy atom. The van der Waals surface area contributed by atoms with Crippen LogP contribution in [0.1, 0.15) is 105 Å². The van der Waals surface area contributed by atoms with Gasteiger partial charge in [-0.25, -0.2) is 32.0 Å². The number of alkyl carbamates (subject to hydrolysis) is 1. The highest BCUT2D eigenvalue weighted by molar-refractivity contribution is 7.91. The highest BCUT2D eigenvalue weighted by Gasteiger charge is 2.67. The second-order valence-electron chi connectivity index (χ2n) is 18.6. The molecule has 4 fully saturated rings. The van der Waals surface area contributed by atoms with Crippen LogP contribution in [0.4, 0.5) is 13.6 Å². The van der Waals surface area contributed by atoms with Gasteiger partial charge in [0.05, 0.1) is 35.4 Å². The minimum absolute atomic E-state index is 0.145. The van der Waals surface area contributed by atoms with Gasteiger partial charge in [0.15, 0.2) is 0 Å². The van der Waals surface area contributed by atoms with E-state index in [4.69, 9.17) is 24.2 Å². The van der Waals surface area contributed by atoms with Gasteiger partial charge in [-0.05, 0) is 87.7 Å². The number of nitrogens with zero attached hydrogens (tertiary/aromatic N) is 3. The fourth-order valence-corrected chi connectivity index (χ4v) is 10.2. The molecule has 7 rings (SSSR count). The maximum absolute atomic E-state index is 14.8. The molecule has 0 radical (unpaired) electrons. The molecule has 2 aromatic rings. The van der Waals surface area contributed by atoms with Crippen LogP contribution in [0, 0.1) is 23.2 Å². The van der Waals surface area contributed by atoms with Gasteiger partial charge in [0.2, 0.25) is 34.1 Å². The monoisotopic (exact) mass is 846 g/mol. The number of aryl methyl sites for hydroxylation is 1. The number of halogens is 2. The Balaban J connectivity index is 1.24. The van der Waals surface area contributed by atoms with Gasteiger partial charge in [-0.2, -0.15) is 0 Å². The summed E-state index contributed by atoms with van der Waals surface area (Å²) in [7, 11) is -2.70. The van der Waals surface area contributed by atoms with Crippen LogP contribution in [0.2, 0.25) is 0 Å². The zero-order valence-corrected chi connectivity index (χ0v) is 35.3. The number of hydrogen-bond donors (Lipinski definition) is 3. The van der Waals surface area contributed by atoms with Gasteiger partial charge in [0.25, 0.3) is 5.91 Å².